The van der Waals surface area contributed by atoms with Gasteiger partial charge in [0.1, 0.15) is 11.5 Å². The quantitative estimate of drug-likeness (QED) is 0.861. The summed E-state index contributed by atoms with van der Waals surface area (Å²) in [5.74, 6) is 1.65. The summed E-state index contributed by atoms with van der Waals surface area (Å²) >= 11 is 6.32. The summed E-state index contributed by atoms with van der Waals surface area (Å²) in [6, 6.07) is 14.6. The first-order valence-electron chi connectivity index (χ1n) is 6.97. The van der Waals surface area contributed by atoms with Crippen LogP contribution in [0.2, 0.25) is 5.02 Å². The van der Waals surface area contributed by atoms with E-state index in [1.807, 2.05) is 49.4 Å². The second-order valence-corrected chi connectivity index (χ2v) is 5.68. The van der Waals surface area contributed by atoms with Crippen LogP contribution in [-0.2, 0) is 6.54 Å². The largest absolute Gasteiger partial charge is 0.457 e. The number of hydrogen-bond donors (Lipinski definition) is 1. The molecule has 0 heterocycles. The molecular weight excluding hydrogens is 270 g/mol. The van der Waals surface area contributed by atoms with Gasteiger partial charge in [0.25, 0.3) is 0 Å². The highest BCUT2D eigenvalue weighted by molar-refractivity contribution is 6.31. The molecule has 1 fully saturated rings. The highest BCUT2D eigenvalue weighted by atomic mass is 35.5. The number of para-hydroxylation sites is 1. The van der Waals surface area contributed by atoms with Gasteiger partial charge in [-0.1, -0.05) is 35.9 Å². The molecule has 0 unspecified atom stereocenters. The van der Waals surface area contributed by atoms with Gasteiger partial charge < -0.3 is 10.1 Å². The van der Waals surface area contributed by atoms with Gasteiger partial charge in [-0.2, -0.15) is 0 Å². The molecule has 2 aromatic carbocycles. The fourth-order valence-corrected chi connectivity index (χ4v) is 2.31. The van der Waals surface area contributed by atoms with Gasteiger partial charge >= 0.3 is 0 Å². The van der Waals surface area contributed by atoms with Crippen LogP contribution in [0.1, 0.15) is 24.0 Å². The summed E-state index contributed by atoms with van der Waals surface area (Å²) in [7, 11) is 0. The maximum absolute atomic E-state index is 6.32. The van der Waals surface area contributed by atoms with Crippen LogP contribution in [0.4, 0.5) is 0 Å². The summed E-state index contributed by atoms with van der Waals surface area (Å²) in [6.07, 6.45) is 2.57. The van der Waals surface area contributed by atoms with E-state index in [0.29, 0.717) is 6.04 Å². The third-order valence-electron chi connectivity index (χ3n) is 3.50. The Morgan fingerprint density at radius 1 is 1.20 bits per heavy atom. The molecule has 1 aliphatic carbocycles. The van der Waals surface area contributed by atoms with Crippen LogP contribution in [0.25, 0.3) is 0 Å². The van der Waals surface area contributed by atoms with Gasteiger partial charge in [0.15, 0.2) is 0 Å². The van der Waals surface area contributed by atoms with E-state index in [0.717, 1.165) is 34.2 Å². The van der Waals surface area contributed by atoms with Crippen LogP contribution in [0.5, 0.6) is 11.5 Å². The number of halogens is 1. The Morgan fingerprint density at radius 3 is 2.70 bits per heavy atom. The van der Waals surface area contributed by atoms with Crippen molar-refractivity contribution in [3.05, 3.63) is 58.6 Å². The Bertz CT molecular complexity index is 608. The van der Waals surface area contributed by atoms with Crippen molar-refractivity contribution in [2.75, 3.05) is 0 Å². The standard InChI is InChI=1S/C17H18ClNO/c1-12-4-2-3-5-17(12)20-15-9-6-13(16(18)10-15)11-19-14-7-8-14/h2-6,9-10,14,19H,7-8,11H2,1H3. The first-order valence-corrected chi connectivity index (χ1v) is 7.35. The van der Waals surface area contributed by atoms with E-state index in [2.05, 4.69) is 5.32 Å². The van der Waals surface area contributed by atoms with E-state index in [-0.39, 0.29) is 0 Å². The van der Waals surface area contributed by atoms with Gasteiger partial charge in [-0.25, -0.2) is 0 Å². The van der Waals surface area contributed by atoms with Crippen LogP contribution in [-0.4, -0.2) is 6.04 Å². The molecule has 1 saturated carbocycles. The van der Waals surface area contributed by atoms with E-state index >= 15 is 0 Å². The zero-order chi connectivity index (χ0) is 13.9. The van der Waals surface area contributed by atoms with Gasteiger partial charge in [0, 0.05) is 17.6 Å². The first-order chi connectivity index (χ1) is 9.72. The lowest BCUT2D eigenvalue weighted by Crippen LogP contribution is -2.15. The lowest BCUT2D eigenvalue weighted by atomic mass is 10.2. The highest BCUT2D eigenvalue weighted by Crippen LogP contribution is 2.29. The average Bonchev–Trinajstić information content (AvgIpc) is 3.25. The molecule has 3 heteroatoms. The fraction of sp³-hybridized carbons (Fsp3) is 0.294. The minimum Gasteiger partial charge on any atom is -0.457 e. The van der Waals surface area contributed by atoms with Gasteiger partial charge in [-0.15, -0.1) is 0 Å². The van der Waals surface area contributed by atoms with Crippen LogP contribution < -0.4 is 10.1 Å². The molecule has 0 saturated heterocycles. The Hall–Kier alpha value is -1.51. The second-order valence-electron chi connectivity index (χ2n) is 5.28. The van der Waals surface area contributed by atoms with Crippen molar-refractivity contribution in [1.82, 2.24) is 5.32 Å². The van der Waals surface area contributed by atoms with Crippen molar-refractivity contribution < 1.29 is 4.74 Å². The minimum absolute atomic E-state index is 0.689. The number of rotatable bonds is 5. The first kappa shape index (κ1) is 13.5. The van der Waals surface area contributed by atoms with Gasteiger partial charge in [-0.05, 0) is 49.1 Å². The van der Waals surface area contributed by atoms with E-state index in [4.69, 9.17) is 16.3 Å². The van der Waals surface area contributed by atoms with Crippen molar-refractivity contribution in [1.29, 1.82) is 0 Å². The number of hydrogen-bond acceptors (Lipinski definition) is 2. The van der Waals surface area contributed by atoms with Crippen LogP contribution in [0.3, 0.4) is 0 Å². The third kappa shape index (κ3) is 3.33. The fourth-order valence-electron chi connectivity index (χ4n) is 2.07. The van der Waals surface area contributed by atoms with Crippen LogP contribution in [0, 0.1) is 6.92 Å². The number of ether oxygens (including phenoxy) is 1. The van der Waals surface area contributed by atoms with Crippen molar-refractivity contribution in [3.8, 4) is 11.5 Å². The molecule has 104 valence electrons. The average molecular weight is 288 g/mol. The molecule has 20 heavy (non-hydrogen) atoms. The molecule has 0 aromatic heterocycles. The summed E-state index contributed by atoms with van der Waals surface area (Å²) in [5.41, 5.74) is 2.23. The monoisotopic (exact) mass is 287 g/mol. The van der Waals surface area contributed by atoms with E-state index in [9.17, 15) is 0 Å². The van der Waals surface area contributed by atoms with Crippen molar-refractivity contribution in [2.45, 2.75) is 32.4 Å². The molecule has 0 bridgehead atoms. The highest BCUT2D eigenvalue weighted by Gasteiger charge is 2.20. The molecule has 2 nitrogen and oxygen atoms in total. The Balaban J connectivity index is 1.71. The summed E-state index contributed by atoms with van der Waals surface area (Å²) < 4.78 is 5.88. The Labute approximate surface area is 124 Å². The molecule has 0 radical (unpaired) electrons. The Morgan fingerprint density at radius 2 is 2.00 bits per heavy atom. The van der Waals surface area contributed by atoms with E-state index in [1.54, 1.807) is 0 Å². The topological polar surface area (TPSA) is 21.3 Å². The lowest BCUT2D eigenvalue weighted by molar-refractivity contribution is 0.478. The molecule has 0 atom stereocenters. The number of benzene rings is 2. The third-order valence-corrected chi connectivity index (χ3v) is 3.86. The summed E-state index contributed by atoms with van der Waals surface area (Å²) in [4.78, 5) is 0. The second kappa shape index (κ2) is 5.86. The molecule has 3 rings (SSSR count). The molecule has 1 N–H and O–H groups in total. The predicted molar refractivity (Wildman–Crippen MR) is 82.6 cm³/mol. The summed E-state index contributed by atoms with van der Waals surface area (Å²) in [5, 5.41) is 4.22. The smallest absolute Gasteiger partial charge is 0.130 e. The maximum atomic E-state index is 6.32. The predicted octanol–water partition coefficient (Wildman–Crippen LogP) is 4.69. The Kier molecular flexibility index (Phi) is 3.95. The molecule has 1 aliphatic rings. The number of nitrogens with one attached hydrogen (secondary N) is 1. The summed E-state index contributed by atoms with van der Waals surface area (Å²) in [6.45, 7) is 2.86. The van der Waals surface area contributed by atoms with Crippen molar-refractivity contribution >= 4 is 11.6 Å². The maximum Gasteiger partial charge on any atom is 0.130 e. The van der Waals surface area contributed by atoms with Crippen molar-refractivity contribution in [3.63, 3.8) is 0 Å². The minimum atomic E-state index is 0.689. The zero-order valence-corrected chi connectivity index (χ0v) is 12.3. The van der Waals surface area contributed by atoms with E-state index in [1.165, 1.54) is 12.8 Å². The SMILES string of the molecule is Cc1ccccc1Oc1ccc(CNC2CC2)c(Cl)c1. The lowest BCUT2D eigenvalue weighted by Gasteiger charge is -2.11. The van der Waals surface area contributed by atoms with E-state index < -0.39 is 0 Å². The molecular formula is C17H18ClNO. The molecule has 0 spiro atoms. The van der Waals surface area contributed by atoms with Gasteiger partial charge in [0.2, 0.25) is 0 Å². The normalized spacial score (nSPS) is 14.3. The van der Waals surface area contributed by atoms with Crippen molar-refractivity contribution in [2.24, 2.45) is 0 Å². The number of aryl methyl sites for hydroxylation is 1. The molecule has 0 aliphatic heterocycles. The van der Waals surface area contributed by atoms with Gasteiger partial charge in [0.05, 0.1) is 0 Å². The molecule has 2 aromatic rings. The molecule has 0 amide bonds. The van der Waals surface area contributed by atoms with Gasteiger partial charge in [-0.3, -0.25) is 0 Å². The van der Waals surface area contributed by atoms with Crippen LogP contribution in [0.15, 0.2) is 42.5 Å². The van der Waals surface area contributed by atoms with Crippen LogP contribution >= 0.6 is 11.6 Å². The zero-order valence-electron chi connectivity index (χ0n) is 11.5.